The van der Waals surface area contributed by atoms with E-state index in [9.17, 15) is 0 Å². The van der Waals surface area contributed by atoms with Crippen LogP contribution in [0.3, 0.4) is 0 Å². The molecule has 2 rings (SSSR count). The molecule has 0 radical (unpaired) electrons. The summed E-state index contributed by atoms with van der Waals surface area (Å²) in [6.45, 7) is 7.86. The van der Waals surface area contributed by atoms with Gasteiger partial charge in [0.2, 0.25) is 0 Å². The second-order valence-electron chi connectivity index (χ2n) is 6.13. The molecule has 0 amide bonds. The number of hydrogen-bond acceptors (Lipinski definition) is 2. The molecule has 0 saturated heterocycles. The van der Waals surface area contributed by atoms with Gasteiger partial charge in [-0.1, -0.05) is 46.3 Å². The van der Waals surface area contributed by atoms with Crippen molar-refractivity contribution < 1.29 is 4.74 Å². The first kappa shape index (κ1) is 16.1. The van der Waals surface area contributed by atoms with E-state index in [1.165, 1.54) is 5.56 Å². The van der Waals surface area contributed by atoms with Crippen molar-refractivity contribution in [3.8, 4) is 5.75 Å². The normalized spacial score (nSPS) is 11.4. The predicted octanol–water partition coefficient (Wildman–Crippen LogP) is 4.92. The Balaban J connectivity index is 2.07. The summed E-state index contributed by atoms with van der Waals surface area (Å²) in [6.07, 6.45) is 0. The average Bonchev–Trinajstić information content (AvgIpc) is 2.44. The van der Waals surface area contributed by atoms with Crippen LogP contribution >= 0.6 is 15.9 Å². The van der Waals surface area contributed by atoms with Crippen molar-refractivity contribution in [3.05, 3.63) is 64.1 Å². The van der Waals surface area contributed by atoms with Crippen molar-refractivity contribution in [2.75, 3.05) is 0 Å². The maximum atomic E-state index is 5.98. The number of halogens is 1. The van der Waals surface area contributed by atoms with Gasteiger partial charge in [-0.25, -0.2) is 0 Å². The largest absolute Gasteiger partial charge is 0.489 e. The van der Waals surface area contributed by atoms with E-state index < -0.39 is 0 Å². The van der Waals surface area contributed by atoms with E-state index in [2.05, 4.69) is 60.2 Å². The molecule has 0 aliphatic carbocycles. The third kappa shape index (κ3) is 5.52. The van der Waals surface area contributed by atoms with Gasteiger partial charge in [0.1, 0.15) is 12.4 Å². The van der Waals surface area contributed by atoms with Crippen LogP contribution in [0.5, 0.6) is 5.75 Å². The summed E-state index contributed by atoms with van der Waals surface area (Å²) < 4.78 is 7.05. The van der Waals surface area contributed by atoms with E-state index in [1.807, 2.05) is 30.3 Å². The van der Waals surface area contributed by atoms with Crippen LogP contribution in [0.25, 0.3) is 0 Å². The van der Waals surface area contributed by atoms with Gasteiger partial charge in [0, 0.05) is 22.1 Å². The van der Waals surface area contributed by atoms with Gasteiger partial charge in [0.05, 0.1) is 0 Å². The van der Waals surface area contributed by atoms with E-state index >= 15 is 0 Å². The molecule has 0 fully saturated rings. The fraction of sp³-hybridized carbons (Fsp3) is 0.333. The van der Waals surface area contributed by atoms with Crippen molar-refractivity contribution in [1.29, 1.82) is 0 Å². The zero-order chi connectivity index (χ0) is 15.3. The highest BCUT2D eigenvalue weighted by molar-refractivity contribution is 9.10. The van der Waals surface area contributed by atoms with Crippen LogP contribution in [0.1, 0.15) is 31.9 Å². The van der Waals surface area contributed by atoms with Crippen LogP contribution in [0, 0.1) is 0 Å². The highest BCUT2D eigenvalue weighted by Crippen LogP contribution is 2.24. The smallest absolute Gasteiger partial charge is 0.124 e. The Morgan fingerprint density at radius 1 is 1.05 bits per heavy atom. The van der Waals surface area contributed by atoms with Crippen molar-refractivity contribution in [2.24, 2.45) is 0 Å². The zero-order valence-electron chi connectivity index (χ0n) is 12.8. The molecule has 0 aliphatic heterocycles. The summed E-state index contributed by atoms with van der Waals surface area (Å²) in [5.41, 5.74) is 2.42. The number of rotatable bonds is 5. The molecule has 2 aromatic rings. The maximum Gasteiger partial charge on any atom is 0.124 e. The van der Waals surface area contributed by atoms with Crippen LogP contribution in [0.15, 0.2) is 53.0 Å². The minimum Gasteiger partial charge on any atom is -0.489 e. The lowest BCUT2D eigenvalue weighted by Gasteiger charge is -2.22. The summed E-state index contributed by atoms with van der Waals surface area (Å²) in [5, 5.41) is 3.50. The van der Waals surface area contributed by atoms with Crippen molar-refractivity contribution in [3.63, 3.8) is 0 Å². The van der Waals surface area contributed by atoms with Crippen LogP contribution < -0.4 is 10.1 Å². The minimum absolute atomic E-state index is 0.0824. The van der Waals surface area contributed by atoms with Crippen LogP contribution in [0.2, 0.25) is 0 Å². The Labute approximate surface area is 135 Å². The molecular formula is C18H22BrNO. The molecule has 0 aliphatic rings. The lowest BCUT2D eigenvalue weighted by Crippen LogP contribution is -2.35. The Bertz CT molecular complexity index is 576. The molecule has 21 heavy (non-hydrogen) atoms. The summed E-state index contributed by atoms with van der Waals surface area (Å²) in [4.78, 5) is 0. The van der Waals surface area contributed by atoms with Gasteiger partial charge in [0.15, 0.2) is 0 Å². The lowest BCUT2D eigenvalue weighted by atomic mass is 10.1. The van der Waals surface area contributed by atoms with E-state index in [-0.39, 0.29) is 5.54 Å². The summed E-state index contributed by atoms with van der Waals surface area (Å²) >= 11 is 3.53. The highest BCUT2D eigenvalue weighted by atomic mass is 79.9. The van der Waals surface area contributed by atoms with Crippen molar-refractivity contribution >= 4 is 15.9 Å². The zero-order valence-corrected chi connectivity index (χ0v) is 14.4. The number of nitrogens with one attached hydrogen (secondary N) is 1. The minimum atomic E-state index is 0.0824. The Morgan fingerprint density at radius 3 is 2.43 bits per heavy atom. The second kappa shape index (κ2) is 7.10. The number of benzene rings is 2. The van der Waals surface area contributed by atoms with E-state index in [0.29, 0.717) is 6.61 Å². The molecule has 0 atom stereocenters. The second-order valence-corrected chi connectivity index (χ2v) is 7.05. The molecule has 0 spiro atoms. The number of hydrogen-bond donors (Lipinski definition) is 1. The van der Waals surface area contributed by atoms with E-state index in [4.69, 9.17) is 4.74 Å². The topological polar surface area (TPSA) is 21.3 Å². The van der Waals surface area contributed by atoms with Crippen molar-refractivity contribution in [1.82, 2.24) is 5.32 Å². The van der Waals surface area contributed by atoms with Gasteiger partial charge in [-0.05, 0) is 44.5 Å². The third-order valence-corrected chi connectivity index (χ3v) is 3.56. The van der Waals surface area contributed by atoms with Crippen LogP contribution in [0.4, 0.5) is 0 Å². The van der Waals surface area contributed by atoms with E-state index in [1.54, 1.807) is 0 Å². The summed E-state index contributed by atoms with van der Waals surface area (Å²) in [7, 11) is 0. The molecule has 3 heteroatoms. The monoisotopic (exact) mass is 347 g/mol. The molecule has 0 saturated carbocycles. The Morgan fingerprint density at radius 2 is 1.76 bits per heavy atom. The standard InChI is InChI=1S/C18H22BrNO/c1-18(2,3)20-12-15-11-16(19)9-10-17(15)21-13-14-7-5-4-6-8-14/h4-11,20H,12-13H2,1-3H3. The molecule has 2 aromatic carbocycles. The first-order valence-electron chi connectivity index (χ1n) is 7.14. The Kier molecular flexibility index (Phi) is 5.43. The predicted molar refractivity (Wildman–Crippen MR) is 91.5 cm³/mol. The molecule has 0 aromatic heterocycles. The molecule has 112 valence electrons. The Hall–Kier alpha value is -1.32. The number of ether oxygens (including phenoxy) is 1. The van der Waals surface area contributed by atoms with Gasteiger partial charge in [0.25, 0.3) is 0 Å². The fourth-order valence-electron chi connectivity index (χ4n) is 1.92. The molecule has 0 heterocycles. The van der Waals surface area contributed by atoms with Gasteiger partial charge in [-0.3, -0.25) is 0 Å². The molecule has 1 N–H and O–H groups in total. The first-order chi connectivity index (χ1) is 9.94. The lowest BCUT2D eigenvalue weighted by molar-refractivity contribution is 0.300. The quantitative estimate of drug-likeness (QED) is 0.828. The van der Waals surface area contributed by atoms with Gasteiger partial charge < -0.3 is 10.1 Å². The van der Waals surface area contributed by atoms with Crippen LogP contribution in [-0.4, -0.2) is 5.54 Å². The van der Waals surface area contributed by atoms with Crippen molar-refractivity contribution in [2.45, 2.75) is 39.5 Å². The fourth-order valence-corrected chi connectivity index (χ4v) is 2.33. The van der Waals surface area contributed by atoms with Crippen LogP contribution in [-0.2, 0) is 13.2 Å². The van der Waals surface area contributed by atoms with Gasteiger partial charge in [-0.15, -0.1) is 0 Å². The molecule has 2 nitrogen and oxygen atoms in total. The third-order valence-electron chi connectivity index (χ3n) is 3.07. The van der Waals surface area contributed by atoms with E-state index in [0.717, 1.165) is 22.3 Å². The molecular weight excluding hydrogens is 326 g/mol. The maximum absolute atomic E-state index is 5.98. The van der Waals surface area contributed by atoms with Gasteiger partial charge in [-0.2, -0.15) is 0 Å². The molecule has 0 unspecified atom stereocenters. The van der Waals surface area contributed by atoms with Gasteiger partial charge >= 0.3 is 0 Å². The SMILES string of the molecule is CC(C)(C)NCc1cc(Br)ccc1OCc1ccccc1. The average molecular weight is 348 g/mol. The summed E-state index contributed by atoms with van der Waals surface area (Å²) in [5.74, 6) is 0.929. The molecule has 0 bridgehead atoms. The first-order valence-corrected chi connectivity index (χ1v) is 7.93. The highest BCUT2D eigenvalue weighted by Gasteiger charge is 2.11. The summed E-state index contributed by atoms with van der Waals surface area (Å²) in [6, 6.07) is 16.4.